The van der Waals surface area contributed by atoms with Crippen LogP contribution >= 0.6 is 15.9 Å². The monoisotopic (exact) mass is 351 g/mol. The quantitative estimate of drug-likeness (QED) is 0.755. The van der Waals surface area contributed by atoms with E-state index >= 15 is 0 Å². The lowest BCUT2D eigenvalue weighted by Gasteiger charge is -2.36. The lowest BCUT2D eigenvalue weighted by atomic mass is 10.2. The van der Waals surface area contributed by atoms with Crippen molar-refractivity contribution in [3.63, 3.8) is 0 Å². The van der Waals surface area contributed by atoms with Crippen LogP contribution in [0.4, 0.5) is 0 Å². The summed E-state index contributed by atoms with van der Waals surface area (Å²) >= 11 is 3.50. The SMILES string of the molecule is CC(C)(C)[Si](C)(C)Oc1cc(Br)c2c(C#N)cnn2c1. The van der Waals surface area contributed by atoms with E-state index in [4.69, 9.17) is 9.69 Å². The van der Waals surface area contributed by atoms with Gasteiger partial charge < -0.3 is 4.43 Å². The number of halogens is 1. The fraction of sp³-hybridized carbons (Fsp3) is 0.429. The zero-order valence-electron chi connectivity index (χ0n) is 12.4. The summed E-state index contributed by atoms with van der Waals surface area (Å²) in [5, 5.41) is 13.4. The summed E-state index contributed by atoms with van der Waals surface area (Å²) in [5.74, 6) is 0.781. The third-order valence-electron chi connectivity index (χ3n) is 3.84. The van der Waals surface area contributed by atoms with Crippen molar-refractivity contribution in [3.8, 4) is 11.8 Å². The van der Waals surface area contributed by atoms with Gasteiger partial charge in [-0.2, -0.15) is 10.4 Å². The highest BCUT2D eigenvalue weighted by Crippen LogP contribution is 2.38. The predicted molar refractivity (Wildman–Crippen MR) is 85.4 cm³/mol. The van der Waals surface area contributed by atoms with Gasteiger partial charge in [-0.05, 0) is 40.1 Å². The van der Waals surface area contributed by atoms with Crippen LogP contribution in [0.3, 0.4) is 0 Å². The highest BCUT2D eigenvalue weighted by Gasteiger charge is 2.39. The normalized spacial score (nSPS) is 12.4. The van der Waals surface area contributed by atoms with E-state index in [0.717, 1.165) is 15.7 Å². The summed E-state index contributed by atoms with van der Waals surface area (Å²) in [6.07, 6.45) is 3.40. The molecule has 0 aromatic carbocycles. The van der Waals surface area contributed by atoms with Gasteiger partial charge in [0.05, 0.1) is 23.5 Å². The van der Waals surface area contributed by atoms with E-state index in [1.165, 1.54) is 0 Å². The first-order valence-corrected chi connectivity index (χ1v) is 10.1. The van der Waals surface area contributed by atoms with Gasteiger partial charge in [-0.1, -0.05) is 20.8 Å². The van der Waals surface area contributed by atoms with Crippen LogP contribution in [-0.2, 0) is 0 Å². The maximum atomic E-state index is 9.06. The van der Waals surface area contributed by atoms with Crippen molar-refractivity contribution >= 4 is 29.8 Å². The largest absolute Gasteiger partial charge is 0.542 e. The topological polar surface area (TPSA) is 50.3 Å². The van der Waals surface area contributed by atoms with Crippen molar-refractivity contribution in [2.45, 2.75) is 38.9 Å². The molecule has 0 saturated heterocycles. The number of hydrogen-bond donors (Lipinski definition) is 0. The van der Waals surface area contributed by atoms with Crippen LogP contribution in [0.5, 0.6) is 5.75 Å². The summed E-state index contributed by atoms with van der Waals surface area (Å²) < 4.78 is 8.77. The second-order valence-corrected chi connectivity index (χ2v) is 11.9. The van der Waals surface area contributed by atoms with Crippen LogP contribution in [0.15, 0.2) is 22.9 Å². The fourth-order valence-corrected chi connectivity index (χ4v) is 3.26. The van der Waals surface area contributed by atoms with Crippen molar-refractivity contribution in [1.29, 1.82) is 5.26 Å². The van der Waals surface area contributed by atoms with E-state index in [2.05, 4.69) is 61.0 Å². The number of rotatable bonds is 2. The Balaban J connectivity index is 2.46. The van der Waals surface area contributed by atoms with E-state index in [1.54, 1.807) is 10.7 Å². The molecule has 20 heavy (non-hydrogen) atoms. The van der Waals surface area contributed by atoms with Crippen molar-refractivity contribution in [3.05, 3.63) is 28.5 Å². The highest BCUT2D eigenvalue weighted by molar-refractivity contribution is 9.10. The molecule has 2 aromatic heterocycles. The van der Waals surface area contributed by atoms with Gasteiger partial charge in [-0.15, -0.1) is 0 Å². The van der Waals surface area contributed by atoms with Gasteiger partial charge in [-0.25, -0.2) is 4.52 Å². The molecule has 0 aliphatic heterocycles. The minimum atomic E-state index is -1.88. The average molecular weight is 352 g/mol. The van der Waals surface area contributed by atoms with Crippen molar-refractivity contribution in [1.82, 2.24) is 9.61 Å². The second-order valence-electron chi connectivity index (χ2n) is 6.35. The number of aromatic nitrogens is 2. The van der Waals surface area contributed by atoms with Crippen molar-refractivity contribution < 1.29 is 4.43 Å². The lowest BCUT2D eigenvalue weighted by Crippen LogP contribution is -2.43. The highest BCUT2D eigenvalue weighted by atomic mass is 79.9. The molecule has 2 aromatic rings. The standard InChI is InChI=1S/C14H18BrN3OSi/c1-14(2,3)20(4,5)19-11-6-12(15)13-10(7-16)8-17-18(13)9-11/h6,8-9H,1-5H3. The summed E-state index contributed by atoms with van der Waals surface area (Å²) in [6.45, 7) is 11.0. The van der Waals surface area contributed by atoms with Gasteiger partial charge in [0.25, 0.3) is 8.32 Å². The summed E-state index contributed by atoms with van der Waals surface area (Å²) in [4.78, 5) is 0. The molecule has 2 heterocycles. The zero-order chi connectivity index (χ0) is 15.1. The van der Waals surface area contributed by atoms with Crippen LogP contribution < -0.4 is 4.43 Å². The summed E-state index contributed by atoms with van der Waals surface area (Å²) in [7, 11) is -1.88. The Labute approximate surface area is 128 Å². The molecule has 0 unspecified atom stereocenters. The molecular formula is C14H18BrN3OSi. The molecule has 0 N–H and O–H groups in total. The third kappa shape index (κ3) is 2.60. The number of pyridine rings is 1. The molecule has 0 aliphatic carbocycles. The van der Waals surface area contributed by atoms with E-state index in [9.17, 15) is 0 Å². The fourth-order valence-electron chi connectivity index (χ4n) is 1.63. The Morgan fingerprint density at radius 1 is 1.40 bits per heavy atom. The molecule has 0 radical (unpaired) electrons. The number of hydrogen-bond acceptors (Lipinski definition) is 3. The third-order valence-corrected chi connectivity index (χ3v) is 8.80. The van der Waals surface area contributed by atoms with Gasteiger partial charge in [-0.3, -0.25) is 0 Å². The van der Waals surface area contributed by atoms with E-state index in [-0.39, 0.29) is 5.04 Å². The second kappa shape index (κ2) is 4.90. The molecule has 6 heteroatoms. The molecule has 0 aliphatic rings. The van der Waals surface area contributed by atoms with Gasteiger partial charge in [0.2, 0.25) is 0 Å². The van der Waals surface area contributed by atoms with E-state index in [1.807, 2.05) is 12.3 Å². The molecule has 2 rings (SSSR count). The predicted octanol–water partition coefficient (Wildman–Crippen LogP) is 4.35. The Bertz CT molecular complexity index is 695. The molecule has 0 fully saturated rings. The van der Waals surface area contributed by atoms with Crippen molar-refractivity contribution in [2.75, 3.05) is 0 Å². The van der Waals surface area contributed by atoms with Crippen LogP contribution in [-0.4, -0.2) is 17.9 Å². The molecule has 0 spiro atoms. The molecule has 106 valence electrons. The molecule has 4 nitrogen and oxygen atoms in total. The van der Waals surface area contributed by atoms with Gasteiger partial charge in [0.1, 0.15) is 11.8 Å². The Kier molecular flexibility index (Phi) is 3.69. The Morgan fingerprint density at radius 2 is 2.05 bits per heavy atom. The Morgan fingerprint density at radius 3 is 2.60 bits per heavy atom. The molecule has 0 atom stereocenters. The summed E-state index contributed by atoms with van der Waals surface area (Å²) in [5.41, 5.74) is 1.32. The minimum absolute atomic E-state index is 0.135. The minimum Gasteiger partial charge on any atom is -0.542 e. The molecule has 0 amide bonds. The number of nitriles is 1. The molecular weight excluding hydrogens is 334 g/mol. The van der Waals surface area contributed by atoms with Crippen LogP contribution in [0.2, 0.25) is 18.1 Å². The molecule has 0 saturated carbocycles. The maximum Gasteiger partial charge on any atom is 0.250 e. The zero-order valence-corrected chi connectivity index (χ0v) is 14.9. The van der Waals surface area contributed by atoms with Crippen LogP contribution in [0.25, 0.3) is 5.52 Å². The first-order valence-electron chi connectivity index (χ1n) is 6.42. The van der Waals surface area contributed by atoms with Crippen molar-refractivity contribution in [2.24, 2.45) is 0 Å². The average Bonchev–Trinajstić information content (AvgIpc) is 2.70. The maximum absolute atomic E-state index is 9.06. The first-order chi connectivity index (χ1) is 9.15. The van der Waals surface area contributed by atoms with Crippen LogP contribution in [0, 0.1) is 11.3 Å². The Hall–Kier alpha value is -1.32. The van der Waals surface area contributed by atoms with E-state index < -0.39 is 8.32 Å². The van der Waals surface area contributed by atoms with E-state index in [0.29, 0.717) is 5.56 Å². The summed E-state index contributed by atoms with van der Waals surface area (Å²) in [6, 6.07) is 4.05. The van der Waals surface area contributed by atoms with Crippen LogP contribution in [0.1, 0.15) is 26.3 Å². The van der Waals surface area contributed by atoms with Gasteiger partial charge in [0, 0.05) is 4.47 Å². The van der Waals surface area contributed by atoms with Gasteiger partial charge >= 0.3 is 0 Å². The van der Waals surface area contributed by atoms with Gasteiger partial charge in [0.15, 0.2) is 0 Å². The smallest absolute Gasteiger partial charge is 0.250 e. The lowest BCUT2D eigenvalue weighted by molar-refractivity contribution is 0.488. The first kappa shape index (κ1) is 15.1. The molecule has 0 bridgehead atoms. The number of fused-ring (bicyclic) bond motifs is 1. The number of nitrogens with zero attached hydrogens (tertiary/aromatic N) is 3.